The summed E-state index contributed by atoms with van der Waals surface area (Å²) in [7, 11) is 5.46. The summed E-state index contributed by atoms with van der Waals surface area (Å²) >= 11 is 0. The third-order valence-corrected chi connectivity index (χ3v) is 4.97. The van der Waals surface area contributed by atoms with Crippen molar-refractivity contribution in [3.8, 4) is 17.2 Å². The molecule has 0 aromatic heterocycles. The Morgan fingerprint density at radius 1 is 1.00 bits per heavy atom. The molecule has 0 N–H and O–H groups in total. The van der Waals surface area contributed by atoms with E-state index in [-0.39, 0.29) is 11.6 Å². The molecule has 22 heavy (non-hydrogen) atoms. The topological polar surface area (TPSA) is 30.9 Å². The zero-order valence-corrected chi connectivity index (χ0v) is 13.2. The van der Waals surface area contributed by atoms with Crippen LogP contribution in [0.25, 0.3) is 0 Å². The van der Waals surface area contributed by atoms with Crippen molar-refractivity contribution in [2.45, 2.75) is 18.6 Å². The van der Waals surface area contributed by atoms with Crippen LogP contribution in [0.2, 0.25) is 0 Å². The van der Waals surface area contributed by atoms with Gasteiger partial charge >= 0.3 is 0 Å². The molecular formula is C18H19NO3. The molecule has 2 aromatic rings. The molecule has 4 heteroatoms. The summed E-state index contributed by atoms with van der Waals surface area (Å²) in [6.45, 7) is 2.23. The monoisotopic (exact) mass is 297 g/mol. The van der Waals surface area contributed by atoms with E-state index in [9.17, 15) is 0 Å². The van der Waals surface area contributed by atoms with E-state index in [1.807, 2.05) is 18.2 Å². The van der Waals surface area contributed by atoms with E-state index in [2.05, 4.69) is 37.1 Å². The molecule has 0 aliphatic carbocycles. The minimum Gasteiger partial charge on any atom is -0.497 e. The Labute approximate surface area is 130 Å². The van der Waals surface area contributed by atoms with E-state index in [0.29, 0.717) is 0 Å². The largest absolute Gasteiger partial charge is 0.497 e. The van der Waals surface area contributed by atoms with Crippen molar-refractivity contribution >= 4 is 5.69 Å². The lowest BCUT2D eigenvalue weighted by molar-refractivity contribution is 0.190. The van der Waals surface area contributed by atoms with Crippen molar-refractivity contribution in [1.82, 2.24) is 0 Å². The Morgan fingerprint density at radius 3 is 2.32 bits per heavy atom. The third kappa shape index (κ3) is 1.47. The van der Waals surface area contributed by atoms with E-state index < -0.39 is 0 Å². The van der Waals surface area contributed by atoms with Gasteiger partial charge in [-0.15, -0.1) is 0 Å². The highest BCUT2D eigenvalue weighted by molar-refractivity contribution is 5.71. The lowest BCUT2D eigenvalue weighted by Gasteiger charge is -2.27. The first-order valence-electron chi connectivity index (χ1n) is 7.36. The molecule has 2 aromatic carbocycles. The summed E-state index contributed by atoms with van der Waals surface area (Å²) < 4.78 is 17.0. The van der Waals surface area contributed by atoms with Crippen molar-refractivity contribution < 1.29 is 14.2 Å². The van der Waals surface area contributed by atoms with Crippen LogP contribution in [0, 0.1) is 0 Å². The van der Waals surface area contributed by atoms with Crippen molar-refractivity contribution in [2.24, 2.45) is 0 Å². The normalized spacial score (nSPS) is 24.4. The average molecular weight is 297 g/mol. The van der Waals surface area contributed by atoms with Crippen LogP contribution in [0.1, 0.15) is 18.1 Å². The molecule has 4 nitrogen and oxygen atoms in total. The molecule has 4 rings (SSSR count). The Morgan fingerprint density at radius 2 is 1.64 bits per heavy atom. The van der Waals surface area contributed by atoms with Crippen LogP contribution in [0.3, 0.4) is 0 Å². The summed E-state index contributed by atoms with van der Waals surface area (Å²) in [5, 5.41) is 0. The number of nitrogens with zero attached hydrogens (tertiary/aromatic N) is 1. The van der Waals surface area contributed by atoms with Crippen LogP contribution in [0.4, 0.5) is 5.69 Å². The zero-order chi connectivity index (χ0) is 15.5. The fraction of sp³-hybridized carbons (Fsp3) is 0.333. The molecule has 0 amide bonds. The standard InChI is InChI=1S/C18H19NO3/c1-18-13-9-11(20-3)5-7-15(13)19(2)17(18)22-16-8-6-12(21-4)10-14(16)18/h5-10,17H,1-4H3/t17-,18+/m1/s1. The van der Waals surface area contributed by atoms with Gasteiger partial charge in [-0.05, 0) is 48.9 Å². The van der Waals surface area contributed by atoms with Crippen LogP contribution >= 0.6 is 0 Å². The van der Waals surface area contributed by atoms with Crippen molar-refractivity contribution in [2.75, 3.05) is 26.2 Å². The maximum Gasteiger partial charge on any atom is 0.185 e. The van der Waals surface area contributed by atoms with Crippen molar-refractivity contribution in [3.63, 3.8) is 0 Å². The van der Waals surface area contributed by atoms with E-state index >= 15 is 0 Å². The van der Waals surface area contributed by atoms with Gasteiger partial charge in [0.05, 0.1) is 19.6 Å². The molecule has 0 spiro atoms. The van der Waals surface area contributed by atoms with Crippen LogP contribution in [0.15, 0.2) is 36.4 Å². The zero-order valence-electron chi connectivity index (χ0n) is 13.2. The quantitative estimate of drug-likeness (QED) is 0.852. The molecule has 2 heterocycles. The summed E-state index contributed by atoms with van der Waals surface area (Å²) in [6, 6.07) is 12.2. The predicted molar refractivity (Wildman–Crippen MR) is 85.3 cm³/mol. The van der Waals surface area contributed by atoms with E-state index in [4.69, 9.17) is 14.2 Å². The van der Waals surface area contributed by atoms with Crippen LogP contribution in [-0.4, -0.2) is 27.5 Å². The lowest BCUT2D eigenvalue weighted by Crippen LogP contribution is -2.41. The van der Waals surface area contributed by atoms with Gasteiger partial charge in [0.1, 0.15) is 17.2 Å². The van der Waals surface area contributed by atoms with Gasteiger partial charge in [-0.25, -0.2) is 0 Å². The van der Waals surface area contributed by atoms with Crippen molar-refractivity contribution in [1.29, 1.82) is 0 Å². The first kappa shape index (κ1) is 13.3. The van der Waals surface area contributed by atoms with E-state index in [0.717, 1.165) is 22.8 Å². The van der Waals surface area contributed by atoms with Gasteiger partial charge < -0.3 is 19.1 Å². The molecular weight excluding hydrogens is 278 g/mol. The Bertz CT molecular complexity index is 758. The Balaban J connectivity index is 1.96. The first-order valence-corrected chi connectivity index (χ1v) is 7.36. The highest BCUT2D eigenvalue weighted by Gasteiger charge is 2.55. The average Bonchev–Trinajstić information content (AvgIpc) is 2.97. The molecule has 2 aliphatic heterocycles. The molecule has 2 atom stereocenters. The Hall–Kier alpha value is -2.36. The fourth-order valence-electron chi connectivity index (χ4n) is 3.75. The molecule has 0 fully saturated rings. The van der Waals surface area contributed by atoms with Crippen LogP contribution in [-0.2, 0) is 5.41 Å². The molecule has 0 unspecified atom stereocenters. The van der Waals surface area contributed by atoms with Crippen LogP contribution < -0.4 is 19.1 Å². The van der Waals surface area contributed by atoms with Crippen molar-refractivity contribution in [3.05, 3.63) is 47.5 Å². The smallest absolute Gasteiger partial charge is 0.185 e. The maximum atomic E-state index is 6.23. The second kappa shape index (κ2) is 4.32. The van der Waals surface area contributed by atoms with Gasteiger partial charge in [0.15, 0.2) is 6.23 Å². The number of hydrogen-bond acceptors (Lipinski definition) is 4. The van der Waals surface area contributed by atoms with E-state index in [1.54, 1.807) is 14.2 Å². The third-order valence-electron chi connectivity index (χ3n) is 4.97. The number of rotatable bonds is 2. The number of anilines is 1. The number of likely N-dealkylation sites (N-methyl/N-ethyl adjacent to an activating group) is 1. The highest BCUT2D eigenvalue weighted by atomic mass is 16.5. The summed E-state index contributed by atoms with van der Waals surface area (Å²) in [6.07, 6.45) is -0.0447. The molecule has 2 aliphatic rings. The molecule has 114 valence electrons. The van der Waals surface area contributed by atoms with Crippen LogP contribution in [0.5, 0.6) is 17.2 Å². The van der Waals surface area contributed by atoms with E-state index in [1.165, 1.54) is 11.3 Å². The summed E-state index contributed by atoms with van der Waals surface area (Å²) in [5.74, 6) is 2.64. The second-order valence-electron chi connectivity index (χ2n) is 6.03. The predicted octanol–water partition coefficient (Wildman–Crippen LogP) is 3.18. The Kier molecular flexibility index (Phi) is 2.61. The number of hydrogen-bond donors (Lipinski definition) is 0. The maximum absolute atomic E-state index is 6.23. The molecule has 0 saturated heterocycles. The second-order valence-corrected chi connectivity index (χ2v) is 6.03. The summed E-state index contributed by atoms with van der Waals surface area (Å²) in [5.41, 5.74) is 3.34. The SMILES string of the molecule is COc1ccc2c(c1)[C@]1(C)c3cc(OC)ccc3N(C)[C@@H]1O2. The minimum atomic E-state index is -0.234. The van der Waals surface area contributed by atoms with Gasteiger partial charge in [0.2, 0.25) is 0 Å². The lowest BCUT2D eigenvalue weighted by atomic mass is 9.77. The number of ether oxygens (including phenoxy) is 3. The highest BCUT2D eigenvalue weighted by Crippen LogP contribution is 2.56. The molecule has 0 radical (unpaired) electrons. The molecule has 0 bridgehead atoms. The van der Waals surface area contributed by atoms with Gasteiger partial charge in [-0.2, -0.15) is 0 Å². The first-order chi connectivity index (χ1) is 10.6. The van der Waals surface area contributed by atoms with Gasteiger partial charge in [-0.3, -0.25) is 0 Å². The molecule has 0 saturated carbocycles. The summed E-state index contributed by atoms with van der Waals surface area (Å²) in [4.78, 5) is 2.20. The van der Waals surface area contributed by atoms with Gasteiger partial charge in [-0.1, -0.05) is 0 Å². The number of methoxy groups -OCH3 is 2. The fourth-order valence-corrected chi connectivity index (χ4v) is 3.75. The van der Waals surface area contributed by atoms with Gasteiger partial charge in [0, 0.05) is 18.3 Å². The van der Waals surface area contributed by atoms with Gasteiger partial charge in [0.25, 0.3) is 0 Å². The number of fused-ring (bicyclic) bond motifs is 5. The minimum absolute atomic E-state index is 0.0447. The number of benzene rings is 2.